The van der Waals surface area contributed by atoms with Crippen LogP contribution in [0.4, 0.5) is 0 Å². The average molecular weight is 728 g/mol. The van der Waals surface area contributed by atoms with Crippen molar-refractivity contribution in [2.75, 3.05) is 6.54 Å². The molecule has 0 amide bonds. The number of ketones is 1. The zero-order valence-corrected chi connectivity index (χ0v) is 34.6. The lowest BCUT2D eigenvalue weighted by Crippen LogP contribution is -2.66. The van der Waals surface area contributed by atoms with E-state index in [4.69, 9.17) is 4.74 Å². The van der Waals surface area contributed by atoms with Crippen molar-refractivity contribution in [1.29, 1.82) is 0 Å². The van der Waals surface area contributed by atoms with E-state index in [0.717, 1.165) is 45.1 Å². The summed E-state index contributed by atoms with van der Waals surface area (Å²) in [7, 11) is 0. The molecule has 0 radical (unpaired) electrons. The van der Waals surface area contributed by atoms with Crippen LogP contribution in [0, 0.1) is 68.0 Å². The Hall–Kier alpha value is -2.47. The zero-order chi connectivity index (χ0) is 38.5. The molecule has 6 heteroatoms. The number of carbonyl (C=O) groups is 3. The van der Waals surface area contributed by atoms with Crippen molar-refractivity contribution in [3.8, 4) is 0 Å². The quantitative estimate of drug-likeness (QED) is 0.246. The first kappa shape index (κ1) is 38.8. The molecule has 1 aromatic rings. The number of aliphatic carboxylic acids is 1. The minimum atomic E-state index is -0.813. The summed E-state index contributed by atoms with van der Waals surface area (Å²) in [6.45, 7) is 24.0. The van der Waals surface area contributed by atoms with Crippen LogP contribution in [0.15, 0.2) is 41.5 Å². The Labute approximate surface area is 320 Å². The molecule has 0 aromatic heterocycles. The summed E-state index contributed by atoms with van der Waals surface area (Å²) in [4.78, 5) is 39.5. The van der Waals surface area contributed by atoms with Gasteiger partial charge in [0.15, 0.2) is 5.78 Å². The Bertz CT molecular complexity index is 1660. The summed E-state index contributed by atoms with van der Waals surface area (Å²) >= 11 is 0. The van der Waals surface area contributed by atoms with Gasteiger partial charge in [-0.05, 0) is 134 Å². The van der Waals surface area contributed by atoms with Gasteiger partial charge in [0, 0.05) is 23.3 Å². The van der Waals surface area contributed by atoms with Crippen LogP contribution < -0.4 is 5.32 Å². The zero-order valence-electron chi connectivity index (χ0n) is 34.6. The topological polar surface area (TPSA) is 92.7 Å². The minimum Gasteiger partial charge on any atom is -0.481 e. The summed E-state index contributed by atoms with van der Waals surface area (Å²) in [6.07, 6.45) is 10.8. The van der Waals surface area contributed by atoms with Gasteiger partial charge in [0.1, 0.15) is 6.10 Å². The molecule has 11 atom stereocenters. The monoisotopic (exact) mass is 728 g/mol. The van der Waals surface area contributed by atoms with Gasteiger partial charge < -0.3 is 15.2 Å². The number of ether oxygens (including phenoxy) is 1. The summed E-state index contributed by atoms with van der Waals surface area (Å²) in [5, 5.41) is 13.5. The van der Waals surface area contributed by atoms with Gasteiger partial charge in [-0.1, -0.05) is 98.2 Å². The third-order valence-corrected chi connectivity index (χ3v) is 18.0. The fourth-order valence-corrected chi connectivity index (χ4v) is 14.6. The van der Waals surface area contributed by atoms with E-state index in [2.05, 4.69) is 91.0 Å². The highest BCUT2D eigenvalue weighted by molar-refractivity contribution is 6.00. The molecule has 5 fully saturated rings. The summed E-state index contributed by atoms with van der Waals surface area (Å²) in [5.74, 6) is 0.271. The summed E-state index contributed by atoms with van der Waals surface area (Å²) in [6, 6.07) is 11.0. The lowest BCUT2D eigenvalue weighted by Gasteiger charge is -2.72. The number of benzene rings is 1. The van der Waals surface area contributed by atoms with Crippen LogP contribution in [0.1, 0.15) is 151 Å². The second kappa shape index (κ2) is 13.1. The maximum absolute atomic E-state index is 14.1. The highest BCUT2D eigenvalue weighted by Crippen LogP contribution is 2.77. The molecule has 292 valence electrons. The van der Waals surface area contributed by atoms with Gasteiger partial charge in [-0.2, -0.15) is 0 Å². The molecule has 6 nitrogen and oxygen atoms in total. The second-order valence-corrected chi connectivity index (χ2v) is 21.1. The SMILES string of the molecule is CC(C)C1=C2[C@H]3CC[C@@H]4[C@@]5(C)CC[C@H](OC(=O)[C@H]6C[C@@H](C(=O)O)C6(C)C)C(C)(C)[C@@H]5CC[C@@]4(C)[C@]3(C)CC[C@@]2(CCN[C@H](C)c2ccccc2)CC1=O. The van der Waals surface area contributed by atoms with Gasteiger partial charge in [-0.3, -0.25) is 14.4 Å². The van der Waals surface area contributed by atoms with E-state index in [-0.39, 0.29) is 57.0 Å². The van der Waals surface area contributed by atoms with Crippen LogP contribution in [0.25, 0.3) is 0 Å². The van der Waals surface area contributed by atoms with Crippen LogP contribution in [0.2, 0.25) is 0 Å². The number of rotatable bonds is 9. The largest absolute Gasteiger partial charge is 0.481 e. The number of Topliss-reactive ketones (excluding diaryl/α,β-unsaturated/α-hetero) is 1. The van der Waals surface area contributed by atoms with Crippen molar-refractivity contribution in [2.24, 2.45) is 68.0 Å². The summed E-state index contributed by atoms with van der Waals surface area (Å²) in [5.41, 5.74) is 3.70. The number of hydrogen-bond acceptors (Lipinski definition) is 5. The molecule has 1 aromatic carbocycles. The van der Waals surface area contributed by atoms with Gasteiger partial charge in [0.05, 0.1) is 11.8 Å². The van der Waals surface area contributed by atoms with Crippen molar-refractivity contribution < 1.29 is 24.2 Å². The smallest absolute Gasteiger partial charge is 0.309 e. The molecule has 0 saturated heterocycles. The van der Waals surface area contributed by atoms with E-state index < -0.39 is 17.3 Å². The number of fused-ring (bicyclic) bond motifs is 7. The normalized spacial score (nSPS) is 41.8. The minimum absolute atomic E-state index is 0.0298. The maximum Gasteiger partial charge on any atom is 0.309 e. The number of carboxylic acids is 1. The fraction of sp³-hybridized carbons (Fsp3) is 0.766. The van der Waals surface area contributed by atoms with Crippen molar-refractivity contribution in [3.63, 3.8) is 0 Å². The number of carbonyl (C=O) groups excluding carboxylic acids is 2. The Morgan fingerprint density at radius 3 is 2.17 bits per heavy atom. The van der Waals surface area contributed by atoms with Gasteiger partial charge in [0.2, 0.25) is 0 Å². The Morgan fingerprint density at radius 2 is 1.53 bits per heavy atom. The molecule has 2 N–H and O–H groups in total. The molecule has 0 aliphatic heterocycles. The van der Waals surface area contributed by atoms with Crippen molar-refractivity contribution in [3.05, 3.63) is 47.0 Å². The molecular formula is C47H69NO5. The van der Waals surface area contributed by atoms with Gasteiger partial charge in [-0.15, -0.1) is 0 Å². The number of carboxylic acid groups (broad SMARTS) is 1. The highest BCUT2D eigenvalue weighted by Gasteiger charge is 2.70. The Balaban J connectivity index is 1.12. The van der Waals surface area contributed by atoms with Crippen LogP contribution >= 0.6 is 0 Å². The van der Waals surface area contributed by atoms with Crippen molar-refractivity contribution >= 4 is 17.7 Å². The standard InChI is InChI=1S/C47H69NO5/c1-28(2)38-34(49)27-47(24-25-48-29(3)30-14-12-11-13-15-30)23-22-45(9)31(39(38)47)16-17-36-44(8)20-19-37(43(6,7)35(44)18-21-46(36,45)10)53-41(52)33-26-32(40(50)51)42(33,4)5/h11-15,28-29,31-33,35-37,48H,16-27H2,1-10H3,(H,50,51)/t29-,31-,32+,33-,35+,36-,37+,44+,45-,46-,47-/m1/s1. The predicted octanol–water partition coefficient (Wildman–Crippen LogP) is 10.4. The number of hydrogen-bond donors (Lipinski definition) is 2. The van der Waals surface area contributed by atoms with Gasteiger partial charge in [-0.25, -0.2) is 0 Å². The van der Waals surface area contributed by atoms with Crippen LogP contribution in [0.5, 0.6) is 0 Å². The first-order valence-electron chi connectivity index (χ1n) is 21.2. The third-order valence-electron chi connectivity index (χ3n) is 18.0. The Kier molecular flexibility index (Phi) is 9.55. The van der Waals surface area contributed by atoms with E-state index in [0.29, 0.717) is 36.4 Å². The van der Waals surface area contributed by atoms with Crippen molar-refractivity contribution in [1.82, 2.24) is 5.32 Å². The molecule has 0 heterocycles. The molecular weight excluding hydrogens is 659 g/mol. The highest BCUT2D eigenvalue weighted by atomic mass is 16.5. The van der Waals surface area contributed by atoms with E-state index in [1.807, 2.05) is 13.8 Å². The molecule has 6 aliphatic carbocycles. The average Bonchev–Trinajstić information content (AvgIpc) is 3.38. The van der Waals surface area contributed by atoms with E-state index in [1.165, 1.54) is 30.4 Å². The van der Waals surface area contributed by atoms with E-state index >= 15 is 0 Å². The maximum atomic E-state index is 14.1. The molecule has 0 spiro atoms. The first-order valence-corrected chi connectivity index (χ1v) is 21.2. The van der Waals surface area contributed by atoms with Crippen LogP contribution in [-0.2, 0) is 19.1 Å². The number of nitrogens with one attached hydrogen (secondary N) is 1. The number of allylic oxidation sites excluding steroid dienone is 2. The van der Waals surface area contributed by atoms with Crippen molar-refractivity contribution in [2.45, 2.75) is 152 Å². The van der Waals surface area contributed by atoms with Crippen LogP contribution in [-0.4, -0.2) is 35.5 Å². The molecule has 6 aliphatic rings. The van der Waals surface area contributed by atoms with E-state index in [1.54, 1.807) is 5.57 Å². The van der Waals surface area contributed by atoms with Gasteiger partial charge >= 0.3 is 11.9 Å². The van der Waals surface area contributed by atoms with E-state index in [9.17, 15) is 19.5 Å². The van der Waals surface area contributed by atoms with Gasteiger partial charge in [0.25, 0.3) is 0 Å². The third kappa shape index (κ3) is 5.67. The molecule has 53 heavy (non-hydrogen) atoms. The molecule has 7 rings (SSSR count). The lowest BCUT2D eigenvalue weighted by atomic mass is 9.33. The molecule has 0 bridgehead atoms. The fourth-order valence-electron chi connectivity index (χ4n) is 14.6. The number of esters is 1. The Morgan fingerprint density at radius 1 is 0.830 bits per heavy atom. The molecule has 0 unspecified atom stereocenters. The predicted molar refractivity (Wildman–Crippen MR) is 210 cm³/mol. The summed E-state index contributed by atoms with van der Waals surface area (Å²) < 4.78 is 6.43. The first-order chi connectivity index (χ1) is 24.7. The second-order valence-electron chi connectivity index (χ2n) is 21.1. The van der Waals surface area contributed by atoms with Crippen LogP contribution in [0.3, 0.4) is 0 Å². The molecule has 5 saturated carbocycles. The lowest BCUT2D eigenvalue weighted by molar-refractivity contribution is -0.236.